The lowest BCUT2D eigenvalue weighted by Gasteiger charge is -2.04. The molecular formula is C7H14O. The quantitative estimate of drug-likeness (QED) is 0.542. The second-order valence-electron chi connectivity index (χ2n) is 1.89. The molecule has 1 unspecified atom stereocenters. The van der Waals surface area contributed by atoms with Gasteiger partial charge < -0.3 is 5.11 Å². The number of hydrogen-bond donors (Lipinski definition) is 1. The van der Waals surface area contributed by atoms with Gasteiger partial charge in [0.15, 0.2) is 0 Å². The molecule has 0 aromatic carbocycles. The maximum Gasteiger partial charge on any atom is 0.0721 e. The Kier molecular flexibility index (Phi) is 3.53. The molecule has 0 aromatic rings. The van der Waals surface area contributed by atoms with Crippen LogP contribution in [0.25, 0.3) is 0 Å². The zero-order valence-electron chi connectivity index (χ0n) is 5.81. The summed E-state index contributed by atoms with van der Waals surface area (Å²) in [5, 5.41) is 8.94. The molecule has 0 aliphatic heterocycles. The SMILES string of the molecule is C/C=C(\CC)C(C)O. The molecule has 0 saturated heterocycles. The summed E-state index contributed by atoms with van der Waals surface area (Å²) in [7, 11) is 0. The van der Waals surface area contributed by atoms with E-state index in [0.29, 0.717) is 0 Å². The highest BCUT2D eigenvalue weighted by Crippen LogP contribution is 2.04. The first-order chi connectivity index (χ1) is 3.72. The zero-order chi connectivity index (χ0) is 6.57. The van der Waals surface area contributed by atoms with Gasteiger partial charge in [0.05, 0.1) is 6.10 Å². The van der Waals surface area contributed by atoms with Crippen molar-refractivity contribution in [2.24, 2.45) is 0 Å². The molecule has 0 heterocycles. The first-order valence-corrected chi connectivity index (χ1v) is 3.05. The van der Waals surface area contributed by atoms with Crippen molar-refractivity contribution in [3.05, 3.63) is 11.6 Å². The fourth-order valence-electron chi connectivity index (χ4n) is 0.741. The largest absolute Gasteiger partial charge is 0.389 e. The van der Waals surface area contributed by atoms with Crippen molar-refractivity contribution in [3.8, 4) is 0 Å². The predicted octanol–water partition coefficient (Wildman–Crippen LogP) is 1.72. The molecule has 1 heteroatoms. The van der Waals surface area contributed by atoms with E-state index in [4.69, 9.17) is 5.11 Å². The Balaban J connectivity index is 3.72. The smallest absolute Gasteiger partial charge is 0.0721 e. The van der Waals surface area contributed by atoms with E-state index in [0.717, 1.165) is 12.0 Å². The van der Waals surface area contributed by atoms with Crippen LogP contribution in [0.15, 0.2) is 11.6 Å². The van der Waals surface area contributed by atoms with Crippen molar-refractivity contribution in [3.63, 3.8) is 0 Å². The normalized spacial score (nSPS) is 16.2. The molecule has 0 aromatic heterocycles. The summed E-state index contributed by atoms with van der Waals surface area (Å²) in [6, 6.07) is 0. The van der Waals surface area contributed by atoms with E-state index in [2.05, 4.69) is 0 Å². The summed E-state index contributed by atoms with van der Waals surface area (Å²) in [5.41, 5.74) is 1.12. The first-order valence-electron chi connectivity index (χ1n) is 3.05. The van der Waals surface area contributed by atoms with Gasteiger partial charge in [0, 0.05) is 0 Å². The fraction of sp³-hybridized carbons (Fsp3) is 0.714. The average Bonchev–Trinajstić information content (AvgIpc) is 1.69. The van der Waals surface area contributed by atoms with E-state index in [1.807, 2.05) is 19.9 Å². The van der Waals surface area contributed by atoms with Crippen LogP contribution >= 0.6 is 0 Å². The molecule has 0 radical (unpaired) electrons. The maximum atomic E-state index is 8.94. The third-order valence-electron chi connectivity index (χ3n) is 1.32. The Morgan fingerprint density at radius 1 is 1.75 bits per heavy atom. The van der Waals surface area contributed by atoms with Gasteiger partial charge in [-0.2, -0.15) is 0 Å². The molecule has 0 amide bonds. The van der Waals surface area contributed by atoms with Crippen LogP contribution in [-0.2, 0) is 0 Å². The maximum absolute atomic E-state index is 8.94. The van der Waals surface area contributed by atoms with Gasteiger partial charge in [-0.1, -0.05) is 13.0 Å². The fourth-order valence-corrected chi connectivity index (χ4v) is 0.741. The molecule has 0 bridgehead atoms. The molecule has 0 spiro atoms. The van der Waals surface area contributed by atoms with Gasteiger partial charge in [0.25, 0.3) is 0 Å². The molecule has 1 N–H and O–H groups in total. The van der Waals surface area contributed by atoms with Gasteiger partial charge >= 0.3 is 0 Å². The van der Waals surface area contributed by atoms with Crippen molar-refractivity contribution < 1.29 is 5.11 Å². The number of hydrogen-bond acceptors (Lipinski definition) is 1. The minimum absolute atomic E-state index is 0.259. The van der Waals surface area contributed by atoms with Gasteiger partial charge in [-0.15, -0.1) is 0 Å². The van der Waals surface area contributed by atoms with Crippen molar-refractivity contribution in [1.29, 1.82) is 0 Å². The molecule has 8 heavy (non-hydrogen) atoms. The molecule has 0 aliphatic rings. The Morgan fingerprint density at radius 2 is 2.25 bits per heavy atom. The Morgan fingerprint density at radius 3 is 2.25 bits per heavy atom. The van der Waals surface area contributed by atoms with Gasteiger partial charge in [0.2, 0.25) is 0 Å². The third kappa shape index (κ3) is 2.12. The van der Waals surface area contributed by atoms with Crippen LogP contribution in [0.2, 0.25) is 0 Å². The highest BCUT2D eigenvalue weighted by Gasteiger charge is 1.97. The van der Waals surface area contributed by atoms with Crippen molar-refractivity contribution in [2.45, 2.75) is 33.3 Å². The topological polar surface area (TPSA) is 20.2 Å². The Bertz CT molecular complexity index is 82.4. The van der Waals surface area contributed by atoms with Gasteiger partial charge in [-0.05, 0) is 25.8 Å². The average molecular weight is 114 g/mol. The lowest BCUT2D eigenvalue weighted by atomic mass is 10.1. The summed E-state index contributed by atoms with van der Waals surface area (Å²) in [5.74, 6) is 0. The highest BCUT2D eigenvalue weighted by molar-refractivity contribution is 5.03. The van der Waals surface area contributed by atoms with E-state index in [-0.39, 0.29) is 6.10 Å². The Hall–Kier alpha value is -0.300. The lowest BCUT2D eigenvalue weighted by Crippen LogP contribution is -2.02. The summed E-state index contributed by atoms with van der Waals surface area (Å²) in [4.78, 5) is 0. The van der Waals surface area contributed by atoms with Crippen LogP contribution in [0.5, 0.6) is 0 Å². The second-order valence-corrected chi connectivity index (χ2v) is 1.89. The predicted molar refractivity (Wildman–Crippen MR) is 35.7 cm³/mol. The van der Waals surface area contributed by atoms with Crippen LogP contribution < -0.4 is 0 Å². The van der Waals surface area contributed by atoms with Gasteiger partial charge in [-0.3, -0.25) is 0 Å². The monoisotopic (exact) mass is 114 g/mol. The van der Waals surface area contributed by atoms with E-state index in [9.17, 15) is 0 Å². The zero-order valence-corrected chi connectivity index (χ0v) is 5.81. The molecular weight excluding hydrogens is 100 g/mol. The lowest BCUT2D eigenvalue weighted by molar-refractivity contribution is 0.228. The minimum Gasteiger partial charge on any atom is -0.389 e. The molecule has 0 saturated carbocycles. The second kappa shape index (κ2) is 3.67. The molecule has 0 rings (SSSR count). The first kappa shape index (κ1) is 7.70. The van der Waals surface area contributed by atoms with Gasteiger partial charge in [-0.25, -0.2) is 0 Å². The summed E-state index contributed by atoms with van der Waals surface area (Å²) in [6.45, 7) is 5.78. The van der Waals surface area contributed by atoms with Crippen LogP contribution in [-0.4, -0.2) is 11.2 Å². The number of aliphatic hydroxyl groups is 1. The standard InChI is InChI=1S/C7H14O/c1-4-7(5-2)6(3)8/h4,6,8H,5H2,1-3H3/b7-4+. The Labute approximate surface area is 51.0 Å². The number of aliphatic hydroxyl groups excluding tert-OH is 1. The molecule has 0 fully saturated rings. The van der Waals surface area contributed by atoms with Gasteiger partial charge in [0.1, 0.15) is 0 Å². The minimum atomic E-state index is -0.259. The third-order valence-corrected chi connectivity index (χ3v) is 1.32. The van der Waals surface area contributed by atoms with Crippen LogP contribution in [0.1, 0.15) is 27.2 Å². The summed E-state index contributed by atoms with van der Waals surface area (Å²) < 4.78 is 0. The van der Waals surface area contributed by atoms with Crippen molar-refractivity contribution in [1.82, 2.24) is 0 Å². The summed E-state index contributed by atoms with van der Waals surface area (Å²) in [6.07, 6.45) is 2.66. The van der Waals surface area contributed by atoms with Crippen molar-refractivity contribution >= 4 is 0 Å². The van der Waals surface area contributed by atoms with E-state index in [1.54, 1.807) is 6.92 Å². The molecule has 48 valence electrons. The van der Waals surface area contributed by atoms with Crippen molar-refractivity contribution in [2.75, 3.05) is 0 Å². The molecule has 0 aliphatic carbocycles. The highest BCUT2D eigenvalue weighted by atomic mass is 16.3. The molecule has 1 nitrogen and oxygen atoms in total. The van der Waals surface area contributed by atoms with E-state index < -0.39 is 0 Å². The number of allylic oxidation sites excluding steroid dienone is 1. The summed E-state index contributed by atoms with van der Waals surface area (Å²) >= 11 is 0. The number of rotatable bonds is 2. The van der Waals surface area contributed by atoms with Crippen LogP contribution in [0, 0.1) is 0 Å². The van der Waals surface area contributed by atoms with E-state index >= 15 is 0 Å². The van der Waals surface area contributed by atoms with E-state index in [1.165, 1.54) is 0 Å². The van der Waals surface area contributed by atoms with Crippen LogP contribution in [0.4, 0.5) is 0 Å². The molecule has 1 atom stereocenters. The van der Waals surface area contributed by atoms with Crippen LogP contribution in [0.3, 0.4) is 0 Å².